The minimum absolute atomic E-state index is 0.110. The largest absolute Gasteiger partial charge is 0.335 e. The first kappa shape index (κ1) is 15.5. The van der Waals surface area contributed by atoms with Gasteiger partial charge in [-0.15, -0.1) is 0 Å². The van der Waals surface area contributed by atoms with E-state index in [1.807, 2.05) is 0 Å². The Morgan fingerprint density at radius 2 is 2.05 bits per heavy atom. The van der Waals surface area contributed by atoms with Crippen LogP contribution in [-0.2, 0) is 10.0 Å². The maximum absolute atomic E-state index is 12.3. The van der Waals surface area contributed by atoms with Gasteiger partial charge in [-0.25, -0.2) is 13.4 Å². The molecule has 1 aromatic rings. The van der Waals surface area contributed by atoms with Gasteiger partial charge in [0.05, 0.1) is 12.5 Å². The number of aromatic amines is 1. The standard InChI is InChI=1S/C13H24N4O2S/c1-13(2,3)16-8-11-4-6-17(7-5-11)20(18,19)12-9-14-10-15-12/h9-11,16H,4-8H2,1-3H3,(H,14,15). The van der Waals surface area contributed by atoms with Crippen LogP contribution in [0.1, 0.15) is 33.6 Å². The third-order valence-corrected chi connectivity index (χ3v) is 5.41. The van der Waals surface area contributed by atoms with Crippen molar-refractivity contribution in [3.8, 4) is 0 Å². The molecule has 2 heterocycles. The number of sulfonamides is 1. The normalized spacial score (nSPS) is 19.4. The fraction of sp³-hybridized carbons (Fsp3) is 0.769. The maximum Gasteiger partial charge on any atom is 0.260 e. The summed E-state index contributed by atoms with van der Waals surface area (Å²) in [6.07, 6.45) is 4.56. The molecule has 0 amide bonds. The van der Waals surface area contributed by atoms with Crippen LogP contribution < -0.4 is 5.32 Å². The molecule has 6 nitrogen and oxygen atoms in total. The summed E-state index contributed by atoms with van der Waals surface area (Å²) in [6.45, 7) is 8.54. The van der Waals surface area contributed by atoms with E-state index in [2.05, 4.69) is 36.1 Å². The topological polar surface area (TPSA) is 78.1 Å². The van der Waals surface area contributed by atoms with E-state index in [1.165, 1.54) is 12.5 Å². The molecule has 0 saturated carbocycles. The van der Waals surface area contributed by atoms with Crippen molar-refractivity contribution >= 4 is 10.0 Å². The number of nitrogens with zero attached hydrogens (tertiary/aromatic N) is 2. The summed E-state index contributed by atoms with van der Waals surface area (Å²) in [7, 11) is -3.39. The van der Waals surface area contributed by atoms with Crippen LogP contribution in [0.4, 0.5) is 0 Å². The predicted molar refractivity (Wildman–Crippen MR) is 77.8 cm³/mol. The molecular formula is C13H24N4O2S. The molecule has 0 spiro atoms. The number of nitrogens with one attached hydrogen (secondary N) is 2. The molecule has 2 rings (SSSR count). The van der Waals surface area contributed by atoms with Crippen molar-refractivity contribution in [1.29, 1.82) is 0 Å². The van der Waals surface area contributed by atoms with Crippen LogP contribution in [0.5, 0.6) is 0 Å². The fourth-order valence-corrected chi connectivity index (χ4v) is 3.69. The first-order chi connectivity index (χ1) is 9.29. The van der Waals surface area contributed by atoms with Gasteiger partial charge in [-0.2, -0.15) is 4.31 Å². The summed E-state index contributed by atoms with van der Waals surface area (Å²) in [5, 5.41) is 3.67. The molecule has 0 atom stereocenters. The van der Waals surface area contributed by atoms with Gasteiger partial charge in [-0.3, -0.25) is 0 Å². The van der Waals surface area contributed by atoms with E-state index < -0.39 is 10.0 Å². The molecule has 2 N–H and O–H groups in total. The summed E-state index contributed by atoms with van der Waals surface area (Å²) in [5.74, 6) is 0.544. The van der Waals surface area contributed by atoms with Crippen molar-refractivity contribution in [1.82, 2.24) is 19.6 Å². The second-order valence-corrected chi connectivity index (χ2v) is 8.30. The minimum atomic E-state index is -3.39. The van der Waals surface area contributed by atoms with Crippen molar-refractivity contribution in [3.63, 3.8) is 0 Å². The average molecular weight is 300 g/mol. The molecule has 0 aromatic carbocycles. The van der Waals surface area contributed by atoms with Gasteiger partial charge >= 0.3 is 0 Å². The lowest BCUT2D eigenvalue weighted by Gasteiger charge is -2.32. The van der Waals surface area contributed by atoms with Gasteiger partial charge < -0.3 is 10.3 Å². The van der Waals surface area contributed by atoms with Crippen LogP contribution in [-0.4, -0.2) is 47.9 Å². The lowest BCUT2D eigenvalue weighted by molar-refractivity contribution is 0.251. The first-order valence-corrected chi connectivity index (χ1v) is 8.46. The maximum atomic E-state index is 12.3. The van der Waals surface area contributed by atoms with E-state index in [1.54, 1.807) is 4.31 Å². The number of aromatic nitrogens is 2. The van der Waals surface area contributed by atoms with Crippen LogP contribution in [0.2, 0.25) is 0 Å². The van der Waals surface area contributed by atoms with Crippen LogP contribution in [0.25, 0.3) is 0 Å². The Hall–Kier alpha value is -0.920. The lowest BCUT2D eigenvalue weighted by atomic mass is 9.97. The van der Waals surface area contributed by atoms with Crippen molar-refractivity contribution in [2.45, 2.75) is 44.2 Å². The van der Waals surface area contributed by atoms with Crippen LogP contribution in [0.3, 0.4) is 0 Å². The highest BCUT2D eigenvalue weighted by molar-refractivity contribution is 7.89. The highest BCUT2D eigenvalue weighted by atomic mass is 32.2. The van der Waals surface area contributed by atoms with Crippen LogP contribution >= 0.6 is 0 Å². The van der Waals surface area contributed by atoms with Gasteiger partial charge in [0, 0.05) is 18.6 Å². The Balaban J connectivity index is 1.89. The molecule has 114 valence electrons. The highest BCUT2D eigenvalue weighted by Gasteiger charge is 2.30. The molecular weight excluding hydrogens is 276 g/mol. The summed E-state index contributed by atoms with van der Waals surface area (Å²) in [6, 6.07) is 0. The third-order valence-electron chi connectivity index (χ3n) is 3.59. The second kappa shape index (κ2) is 5.83. The van der Waals surface area contributed by atoms with Gasteiger partial charge in [0.1, 0.15) is 0 Å². The van der Waals surface area contributed by atoms with E-state index >= 15 is 0 Å². The Morgan fingerprint density at radius 3 is 2.55 bits per heavy atom. The van der Waals surface area contributed by atoms with E-state index in [-0.39, 0.29) is 10.6 Å². The summed E-state index contributed by atoms with van der Waals surface area (Å²) >= 11 is 0. The third kappa shape index (κ3) is 3.80. The second-order valence-electron chi connectivity index (χ2n) is 6.39. The van der Waals surface area contributed by atoms with Crippen molar-refractivity contribution in [2.75, 3.05) is 19.6 Å². The molecule has 7 heteroatoms. The number of piperidine rings is 1. The van der Waals surface area contributed by atoms with E-state index in [9.17, 15) is 8.42 Å². The summed E-state index contributed by atoms with van der Waals surface area (Å²) in [4.78, 5) is 6.46. The van der Waals surface area contributed by atoms with Crippen molar-refractivity contribution < 1.29 is 8.42 Å². The van der Waals surface area contributed by atoms with E-state index in [0.29, 0.717) is 19.0 Å². The van der Waals surface area contributed by atoms with Crippen LogP contribution in [0.15, 0.2) is 17.6 Å². The molecule has 0 radical (unpaired) electrons. The number of hydrogen-bond donors (Lipinski definition) is 2. The average Bonchev–Trinajstić information content (AvgIpc) is 2.90. The Kier molecular flexibility index (Phi) is 4.51. The molecule has 20 heavy (non-hydrogen) atoms. The first-order valence-electron chi connectivity index (χ1n) is 7.02. The molecule has 0 aliphatic carbocycles. The predicted octanol–water partition coefficient (Wildman–Crippen LogP) is 1.20. The number of rotatable bonds is 4. The van der Waals surface area contributed by atoms with Crippen molar-refractivity contribution in [2.24, 2.45) is 5.92 Å². The van der Waals surface area contributed by atoms with Gasteiger partial charge in [-0.05, 0) is 46.1 Å². The van der Waals surface area contributed by atoms with Gasteiger partial charge in [0.25, 0.3) is 10.0 Å². The SMILES string of the molecule is CC(C)(C)NCC1CCN(S(=O)(=O)c2cnc[nH]2)CC1. The summed E-state index contributed by atoms with van der Waals surface area (Å²) < 4.78 is 26.2. The zero-order chi connectivity index (χ0) is 14.8. The molecule has 1 aliphatic heterocycles. The zero-order valence-electron chi connectivity index (χ0n) is 12.4. The molecule has 0 unspecified atom stereocenters. The number of H-pyrrole nitrogens is 1. The molecule has 1 aliphatic rings. The minimum Gasteiger partial charge on any atom is -0.335 e. The smallest absolute Gasteiger partial charge is 0.260 e. The fourth-order valence-electron chi connectivity index (χ4n) is 2.33. The van der Waals surface area contributed by atoms with E-state index in [4.69, 9.17) is 0 Å². The molecule has 1 saturated heterocycles. The highest BCUT2D eigenvalue weighted by Crippen LogP contribution is 2.22. The molecule has 0 bridgehead atoms. The summed E-state index contributed by atoms with van der Waals surface area (Å²) in [5.41, 5.74) is 0.110. The number of hydrogen-bond acceptors (Lipinski definition) is 4. The van der Waals surface area contributed by atoms with Gasteiger partial charge in [-0.1, -0.05) is 0 Å². The Bertz CT molecular complexity index is 511. The quantitative estimate of drug-likeness (QED) is 0.876. The Morgan fingerprint density at radius 1 is 1.40 bits per heavy atom. The van der Waals surface area contributed by atoms with Crippen LogP contribution in [0, 0.1) is 5.92 Å². The number of imidazole rings is 1. The molecule has 1 aromatic heterocycles. The lowest BCUT2D eigenvalue weighted by Crippen LogP contribution is -2.44. The Labute approximate surface area is 121 Å². The van der Waals surface area contributed by atoms with Crippen molar-refractivity contribution in [3.05, 3.63) is 12.5 Å². The van der Waals surface area contributed by atoms with Gasteiger partial charge in [0.15, 0.2) is 5.03 Å². The molecule has 1 fully saturated rings. The van der Waals surface area contributed by atoms with Gasteiger partial charge in [0.2, 0.25) is 0 Å². The monoisotopic (exact) mass is 300 g/mol. The van der Waals surface area contributed by atoms with E-state index in [0.717, 1.165) is 19.4 Å². The zero-order valence-corrected chi connectivity index (χ0v) is 13.2.